The molecule has 12 rings (SSSR count). The molecule has 0 N–H and O–H groups in total. The van der Waals surface area contributed by atoms with Crippen molar-refractivity contribution in [2.75, 3.05) is 0 Å². The molecule has 11 aromatic rings. The van der Waals surface area contributed by atoms with Crippen LogP contribution < -0.4 is 0 Å². The van der Waals surface area contributed by atoms with Gasteiger partial charge in [0, 0.05) is 15.2 Å². The van der Waals surface area contributed by atoms with Crippen LogP contribution in [0.2, 0.25) is 0 Å². The summed E-state index contributed by atoms with van der Waals surface area (Å²) in [4.78, 5) is 2.70. The monoisotopic (exact) mass is 754 g/mol. The molecular weight excluding hydrogens is 717 g/mol. The van der Waals surface area contributed by atoms with Gasteiger partial charge in [0.25, 0.3) is 0 Å². The lowest BCUT2D eigenvalue weighted by Crippen LogP contribution is -2.23. The molecule has 0 spiro atoms. The lowest BCUT2D eigenvalue weighted by molar-refractivity contribution is 0.608. The summed E-state index contributed by atoms with van der Waals surface area (Å²) in [7, 11) is 0. The average molecular weight is 755 g/mol. The van der Waals surface area contributed by atoms with Crippen molar-refractivity contribution in [1.82, 2.24) is 0 Å². The van der Waals surface area contributed by atoms with Crippen LogP contribution in [0.5, 0.6) is 0 Å². The van der Waals surface area contributed by atoms with Crippen molar-refractivity contribution < 1.29 is 0 Å². The molecule has 1 heteroatoms. The molecule has 0 nitrogen and oxygen atoms in total. The van der Waals surface area contributed by atoms with Gasteiger partial charge in [0.05, 0.1) is 0 Å². The van der Waals surface area contributed by atoms with Crippen LogP contribution in [-0.4, -0.2) is 0 Å². The van der Waals surface area contributed by atoms with Crippen LogP contribution in [0.1, 0.15) is 25.0 Å². The molecule has 0 aromatic heterocycles. The molecule has 11 aromatic carbocycles. The summed E-state index contributed by atoms with van der Waals surface area (Å²) < 4.78 is 0. The minimum Gasteiger partial charge on any atom is -0.0888 e. The van der Waals surface area contributed by atoms with E-state index >= 15 is 0 Å². The van der Waals surface area contributed by atoms with Crippen molar-refractivity contribution in [3.8, 4) is 11.1 Å². The molecule has 1 aliphatic rings. The summed E-state index contributed by atoms with van der Waals surface area (Å²) >= 11 is 1.92. The molecule has 0 radical (unpaired) electrons. The van der Waals surface area contributed by atoms with Crippen molar-refractivity contribution in [1.29, 1.82) is 0 Å². The zero-order valence-corrected chi connectivity index (χ0v) is 33.2. The van der Waals surface area contributed by atoms with Crippen LogP contribution in [0.3, 0.4) is 0 Å². The second kappa shape index (κ2) is 12.7. The molecule has 0 amide bonds. The van der Waals surface area contributed by atoms with Crippen LogP contribution >= 0.6 is 11.8 Å². The Kier molecular flexibility index (Phi) is 7.31. The molecular formula is C57H38S. The lowest BCUT2D eigenvalue weighted by Gasteiger charge is -2.35. The normalized spacial score (nSPS) is 13.4. The summed E-state index contributed by atoms with van der Waals surface area (Å²) in [6.07, 6.45) is 0. The predicted octanol–water partition coefficient (Wildman–Crippen LogP) is 16.5. The lowest BCUT2D eigenvalue weighted by atomic mass is 9.77. The smallest absolute Gasteiger partial charge is 0.0241 e. The fourth-order valence-electron chi connectivity index (χ4n) is 10.1. The Morgan fingerprint density at radius 3 is 1.09 bits per heavy atom. The van der Waals surface area contributed by atoms with Gasteiger partial charge < -0.3 is 0 Å². The summed E-state index contributed by atoms with van der Waals surface area (Å²) in [5.41, 5.74) is 5.23. The van der Waals surface area contributed by atoms with Crippen LogP contribution in [0, 0.1) is 0 Å². The fraction of sp³-hybridized carbons (Fsp3) is 0.0526. The van der Waals surface area contributed by atoms with Gasteiger partial charge in [-0.05, 0) is 133 Å². The van der Waals surface area contributed by atoms with E-state index in [9.17, 15) is 0 Å². The van der Waals surface area contributed by atoms with E-state index < -0.39 is 0 Å². The highest BCUT2D eigenvalue weighted by molar-refractivity contribution is 7.99. The van der Waals surface area contributed by atoms with E-state index in [1.807, 2.05) is 11.8 Å². The van der Waals surface area contributed by atoms with Crippen LogP contribution in [0.4, 0.5) is 0 Å². The highest BCUT2D eigenvalue weighted by Crippen LogP contribution is 2.52. The number of rotatable bonds is 1. The maximum absolute atomic E-state index is 2.50. The largest absolute Gasteiger partial charge is 0.0888 e. The molecule has 0 saturated carbocycles. The third-order valence-electron chi connectivity index (χ3n) is 12.9. The third kappa shape index (κ3) is 4.84. The predicted molar refractivity (Wildman–Crippen MR) is 252 cm³/mol. The Labute approximate surface area is 341 Å². The first kappa shape index (κ1) is 33.5. The fourth-order valence-corrected chi connectivity index (χ4v) is 11.6. The van der Waals surface area contributed by atoms with Gasteiger partial charge >= 0.3 is 0 Å². The van der Waals surface area contributed by atoms with Crippen LogP contribution in [-0.2, 0) is 5.41 Å². The standard InChI is InChI=1S/C57H38S/c1-57(2)53-27-13-14-29-55(53)58-56-36(26-15-28-54(56)57)35-30-31-47-41-20-7-10-23-44(41)51-33-49-42-21-8-5-18-39(42)37-16-3-4-17-38(37)40-19-6-9-22-43(40)50(49)34-52(51)46-25-12-11-24-45(46)48(47)32-35/h3-34H,1-2H3. The Hall–Kier alpha value is -6.67. The molecule has 0 unspecified atom stereocenters. The zero-order chi connectivity index (χ0) is 38.5. The summed E-state index contributed by atoms with van der Waals surface area (Å²) in [5, 5.41) is 20.1. The molecule has 0 fully saturated rings. The van der Waals surface area contributed by atoms with Crippen molar-refractivity contribution in [2.24, 2.45) is 0 Å². The van der Waals surface area contributed by atoms with E-state index in [1.54, 1.807) is 0 Å². The van der Waals surface area contributed by atoms with Crippen molar-refractivity contribution >= 4 is 97.9 Å². The van der Waals surface area contributed by atoms with Crippen molar-refractivity contribution in [2.45, 2.75) is 29.1 Å². The summed E-state index contributed by atoms with van der Waals surface area (Å²) in [5.74, 6) is 0. The first-order valence-electron chi connectivity index (χ1n) is 20.3. The third-order valence-corrected chi connectivity index (χ3v) is 14.1. The Balaban J connectivity index is 1.25. The topological polar surface area (TPSA) is 0 Å². The Morgan fingerprint density at radius 1 is 0.293 bits per heavy atom. The minimum atomic E-state index is -0.0930. The maximum atomic E-state index is 2.50. The van der Waals surface area contributed by atoms with E-state index in [4.69, 9.17) is 0 Å². The molecule has 272 valence electrons. The van der Waals surface area contributed by atoms with Gasteiger partial charge in [-0.25, -0.2) is 0 Å². The highest BCUT2D eigenvalue weighted by Gasteiger charge is 2.34. The van der Waals surface area contributed by atoms with E-state index in [0.717, 1.165) is 0 Å². The van der Waals surface area contributed by atoms with Crippen molar-refractivity contribution in [3.05, 3.63) is 205 Å². The van der Waals surface area contributed by atoms with Crippen LogP contribution in [0.25, 0.3) is 97.3 Å². The summed E-state index contributed by atoms with van der Waals surface area (Å²) in [6.45, 7) is 4.75. The number of hydrogen-bond acceptors (Lipinski definition) is 1. The van der Waals surface area contributed by atoms with Gasteiger partial charge in [0.15, 0.2) is 0 Å². The van der Waals surface area contributed by atoms with Gasteiger partial charge in [-0.1, -0.05) is 195 Å². The average Bonchev–Trinajstić information content (AvgIpc) is 3.27. The zero-order valence-electron chi connectivity index (χ0n) is 32.4. The van der Waals surface area contributed by atoms with Crippen molar-refractivity contribution in [3.63, 3.8) is 0 Å². The molecule has 1 heterocycles. The van der Waals surface area contributed by atoms with E-state index in [1.165, 1.54) is 118 Å². The van der Waals surface area contributed by atoms with Gasteiger partial charge in [0.2, 0.25) is 0 Å². The van der Waals surface area contributed by atoms with Crippen LogP contribution in [0.15, 0.2) is 204 Å². The van der Waals surface area contributed by atoms with Gasteiger partial charge in [0.1, 0.15) is 0 Å². The molecule has 0 aliphatic carbocycles. The Bertz CT molecular complexity index is 3630. The maximum Gasteiger partial charge on any atom is 0.0241 e. The quantitative estimate of drug-likeness (QED) is 0.161. The molecule has 0 bridgehead atoms. The van der Waals surface area contributed by atoms with E-state index in [-0.39, 0.29) is 5.41 Å². The van der Waals surface area contributed by atoms with E-state index in [0.29, 0.717) is 0 Å². The second-order valence-electron chi connectivity index (χ2n) is 16.3. The first-order valence-corrected chi connectivity index (χ1v) is 21.1. The van der Waals surface area contributed by atoms with Gasteiger partial charge in [-0.2, -0.15) is 0 Å². The Morgan fingerprint density at radius 2 is 0.638 bits per heavy atom. The SMILES string of the molecule is CC1(C)c2ccccc2Sc2c(-c3ccc4c5ccccc5c5cc6c7ccccc7c7ccccc7c7ccccc7c6cc5c5ccccc5c4c3)cccc21. The number of hydrogen-bond donors (Lipinski definition) is 0. The van der Waals surface area contributed by atoms with Gasteiger partial charge in [-0.15, -0.1) is 0 Å². The first-order chi connectivity index (χ1) is 28.5. The minimum absolute atomic E-state index is 0.0930. The second-order valence-corrected chi connectivity index (χ2v) is 17.4. The highest BCUT2D eigenvalue weighted by atomic mass is 32.2. The molecule has 58 heavy (non-hydrogen) atoms. The summed E-state index contributed by atoms with van der Waals surface area (Å²) in [6, 6.07) is 73.0. The molecule has 0 saturated heterocycles. The number of benzene rings is 9. The molecule has 1 aliphatic heterocycles. The van der Waals surface area contributed by atoms with Gasteiger partial charge in [-0.3, -0.25) is 0 Å². The molecule has 0 atom stereocenters. The van der Waals surface area contributed by atoms with E-state index in [2.05, 4.69) is 208 Å². The number of fused-ring (bicyclic) bond motifs is 18.